The topological polar surface area (TPSA) is 66.5 Å². The van der Waals surface area contributed by atoms with E-state index in [1.54, 1.807) is 19.1 Å². The molecule has 1 fully saturated rings. The Morgan fingerprint density at radius 2 is 1.76 bits per heavy atom. The van der Waals surface area contributed by atoms with E-state index in [2.05, 4.69) is 5.32 Å². The van der Waals surface area contributed by atoms with Crippen molar-refractivity contribution >= 4 is 41.2 Å². The van der Waals surface area contributed by atoms with E-state index in [9.17, 15) is 18.8 Å². The van der Waals surface area contributed by atoms with Gasteiger partial charge in [-0.3, -0.25) is 14.9 Å². The van der Waals surface area contributed by atoms with Crippen molar-refractivity contribution < 1.29 is 18.8 Å². The van der Waals surface area contributed by atoms with Gasteiger partial charge in [0.25, 0.3) is 11.8 Å². The summed E-state index contributed by atoms with van der Waals surface area (Å²) in [5, 5.41) is 2.50. The quantitative estimate of drug-likeness (QED) is 0.660. The zero-order chi connectivity index (χ0) is 18.1. The van der Waals surface area contributed by atoms with Crippen LogP contribution in [0, 0.1) is 12.7 Å². The van der Waals surface area contributed by atoms with Gasteiger partial charge in [-0.1, -0.05) is 29.8 Å². The molecule has 1 saturated heterocycles. The lowest BCUT2D eigenvalue weighted by Crippen LogP contribution is -2.54. The van der Waals surface area contributed by atoms with Crippen LogP contribution in [-0.2, 0) is 9.59 Å². The minimum Gasteiger partial charge on any atom is -0.273 e. The molecular weight excluding hydrogens is 347 g/mol. The van der Waals surface area contributed by atoms with Crippen LogP contribution < -0.4 is 10.2 Å². The number of amides is 4. The summed E-state index contributed by atoms with van der Waals surface area (Å²) in [5.41, 5.74) is 1.25. The number of rotatable bonds is 2. The predicted octanol–water partition coefficient (Wildman–Crippen LogP) is 3.45. The van der Waals surface area contributed by atoms with Crippen molar-refractivity contribution in [2.75, 3.05) is 4.90 Å². The van der Waals surface area contributed by atoms with Gasteiger partial charge in [-0.25, -0.2) is 14.1 Å². The zero-order valence-corrected chi connectivity index (χ0v) is 13.8. The molecule has 1 heterocycles. The number of aryl methyl sites for hydroxylation is 1. The molecule has 0 aromatic heterocycles. The molecule has 0 unspecified atom stereocenters. The summed E-state index contributed by atoms with van der Waals surface area (Å²) in [6.07, 6.45) is 1.30. The SMILES string of the molecule is Cc1ccc(N2C(=O)NC(=O)/C(=C/c3ccc(F)cc3)C2=O)cc1Cl. The molecule has 0 radical (unpaired) electrons. The third kappa shape index (κ3) is 3.29. The number of hydrogen-bond acceptors (Lipinski definition) is 3. The Kier molecular flexibility index (Phi) is 4.37. The second-order valence-electron chi connectivity index (χ2n) is 5.44. The highest BCUT2D eigenvalue weighted by molar-refractivity contribution is 6.39. The molecule has 0 aliphatic carbocycles. The van der Waals surface area contributed by atoms with Crippen molar-refractivity contribution in [3.63, 3.8) is 0 Å². The molecule has 0 atom stereocenters. The first-order valence-electron chi connectivity index (χ1n) is 7.30. The Morgan fingerprint density at radius 1 is 1.08 bits per heavy atom. The van der Waals surface area contributed by atoms with Crippen LogP contribution in [0.5, 0.6) is 0 Å². The third-order valence-corrected chi connectivity index (χ3v) is 4.10. The van der Waals surface area contributed by atoms with Crippen molar-refractivity contribution in [2.24, 2.45) is 0 Å². The first-order valence-corrected chi connectivity index (χ1v) is 7.68. The van der Waals surface area contributed by atoms with Crippen LogP contribution in [0.3, 0.4) is 0 Å². The fourth-order valence-corrected chi connectivity index (χ4v) is 2.51. The maximum Gasteiger partial charge on any atom is 0.335 e. The number of carbonyl (C=O) groups is 3. The van der Waals surface area contributed by atoms with Gasteiger partial charge in [0.15, 0.2) is 0 Å². The van der Waals surface area contributed by atoms with Crippen molar-refractivity contribution in [1.29, 1.82) is 0 Å². The normalized spacial score (nSPS) is 16.4. The number of imide groups is 2. The van der Waals surface area contributed by atoms with E-state index in [-0.39, 0.29) is 11.3 Å². The smallest absolute Gasteiger partial charge is 0.273 e. The van der Waals surface area contributed by atoms with Crippen LogP contribution >= 0.6 is 11.6 Å². The van der Waals surface area contributed by atoms with Crippen LogP contribution in [0.1, 0.15) is 11.1 Å². The highest BCUT2D eigenvalue weighted by Gasteiger charge is 2.36. The fraction of sp³-hybridized carbons (Fsp3) is 0.0556. The van der Waals surface area contributed by atoms with Crippen molar-refractivity contribution in [3.05, 3.63) is 70.0 Å². The summed E-state index contributed by atoms with van der Waals surface area (Å²) in [4.78, 5) is 37.7. The van der Waals surface area contributed by atoms with E-state index in [1.807, 2.05) is 0 Å². The average Bonchev–Trinajstić information content (AvgIpc) is 2.56. The molecule has 7 heteroatoms. The lowest BCUT2D eigenvalue weighted by molar-refractivity contribution is -0.122. The number of carbonyl (C=O) groups excluding carboxylic acids is 3. The standard InChI is InChI=1S/C18H12ClFN2O3/c1-10-2-7-13(9-15(10)19)22-17(24)14(16(23)21-18(22)25)8-11-3-5-12(20)6-4-11/h2-9H,1H3,(H,21,23,25)/b14-8-. The Hall–Kier alpha value is -2.99. The average molecular weight is 359 g/mol. The molecule has 25 heavy (non-hydrogen) atoms. The number of halogens is 2. The summed E-state index contributed by atoms with van der Waals surface area (Å²) in [7, 11) is 0. The summed E-state index contributed by atoms with van der Waals surface area (Å²) in [5.74, 6) is -2.03. The lowest BCUT2D eigenvalue weighted by atomic mass is 10.1. The molecule has 1 aliphatic rings. The number of urea groups is 1. The Bertz CT molecular complexity index is 922. The van der Waals surface area contributed by atoms with E-state index in [0.29, 0.717) is 10.6 Å². The zero-order valence-electron chi connectivity index (χ0n) is 13.0. The Morgan fingerprint density at radius 3 is 2.40 bits per heavy atom. The van der Waals surface area contributed by atoms with Gasteiger partial charge in [0.05, 0.1) is 5.69 Å². The molecule has 2 aromatic carbocycles. The molecule has 2 aromatic rings. The fourth-order valence-electron chi connectivity index (χ4n) is 2.34. The van der Waals surface area contributed by atoms with Gasteiger partial charge in [-0.05, 0) is 48.4 Å². The highest BCUT2D eigenvalue weighted by Crippen LogP contribution is 2.26. The lowest BCUT2D eigenvalue weighted by Gasteiger charge is -2.26. The van der Waals surface area contributed by atoms with Gasteiger partial charge in [0.2, 0.25) is 0 Å². The first kappa shape index (κ1) is 16.9. The highest BCUT2D eigenvalue weighted by atomic mass is 35.5. The Labute approximate surface area is 147 Å². The number of benzene rings is 2. The second kappa shape index (κ2) is 6.49. The van der Waals surface area contributed by atoms with E-state index in [1.165, 1.54) is 36.4 Å². The van der Waals surface area contributed by atoms with Gasteiger partial charge < -0.3 is 0 Å². The maximum atomic E-state index is 13.0. The summed E-state index contributed by atoms with van der Waals surface area (Å²) >= 11 is 6.05. The van der Waals surface area contributed by atoms with E-state index < -0.39 is 23.7 Å². The molecule has 5 nitrogen and oxygen atoms in total. The maximum absolute atomic E-state index is 13.0. The number of nitrogens with one attached hydrogen (secondary N) is 1. The van der Waals surface area contributed by atoms with Crippen LogP contribution in [0.2, 0.25) is 5.02 Å². The minimum atomic E-state index is -0.855. The van der Waals surface area contributed by atoms with Gasteiger partial charge >= 0.3 is 6.03 Å². The van der Waals surface area contributed by atoms with Crippen LogP contribution in [0.15, 0.2) is 48.0 Å². The molecule has 3 rings (SSSR count). The summed E-state index contributed by atoms with van der Waals surface area (Å²) < 4.78 is 13.0. The molecule has 0 saturated carbocycles. The van der Waals surface area contributed by atoms with Gasteiger partial charge in [-0.15, -0.1) is 0 Å². The number of anilines is 1. The third-order valence-electron chi connectivity index (χ3n) is 3.70. The van der Waals surface area contributed by atoms with E-state index >= 15 is 0 Å². The molecule has 1 aliphatic heterocycles. The predicted molar refractivity (Wildman–Crippen MR) is 91.6 cm³/mol. The number of nitrogens with zero attached hydrogens (tertiary/aromatic N) is 1. The van der Waals surface area contributed by atoms with Crippen LogP contribution in [0.25, 0.3) is 6.08 Å². The van der Waals surface area contributed by atoms with Crippen LogP contribution in [-0.4, -0.2) is 17.8 Å². The molecule has 1 N–H and O–H groups in total. The van der Waals surface area contributed by atoms with Gasteiger partial charge in [0.1, 0.15) is 11.4 Å². The van der Waals surface area contributed by atoms with Gasteiger partial charge in [0, 0.05) is 5.02 Å². The summed E-state index contributed by atoms with van der Waals surface area (Å²) in [6, 6.07) is 9.10. The molecule has 4 amide bonds. The monoisotopic (exact) mass is 358 g/mol. The van der Waals surface area contributed by atoms with Crippen LogP contribution in [0.4, 0.5) is 14.9 Å². The van der Waals surface area contributed by atoms with E-state index in [0.717, 1.165) is 10.5 Å². The molecule has 0 bridgehead atoms. The molecule has 126 valence electrons. The van der Waals surface area contributed by atoms with Crippen molar-refractivity contribution in [1.82, 2.24) is 5.32 Å². The summed E-state index contributed by atoms with van der Waals surface area (Å²) in [6.45, 7) is 1.79. The van der Waals surface area contributed by atoms with E-state index in [4.69, 9.17) is 11.6 Å². The Balaban J connectivity index is 2.02. The number of barbiturate groups is 1. The minimum absolute atomic E-state index is 0.233. The molecular formula is C18H12ClFN2O3. The first-order chi connectivity index (χ1) is 11.9. The van der Waals surface area contributed by atoms with Crippen molar-refractivity contribution in [3.8, 4) is 0 Å². The van der Waals surface area contributed by atoms with Crippen molar-refractivity contribution in [2.45, 2.75) is 6.92 Å². The number of hydrogen-bond donors (Lipinski definition) is 1. The second-order valence-corrected chi connectivity index (χ2v) is 5.85. The molecule has 0 spiro atoms. The largest absolute Gasteiger partial charge is 0.335 e. The van der Waals surface area contributed by atoms with Gasteiger partial charge in [-0.2, -0.15) is 0 Å².